The quantitative estimate of drug-likeness (QED) is 0.0800. The van der Waals surface area contributed by atoms with Crippen LogP contribution >= 0.6 is 0 Å². The zero-order valence-electron chi connectivity index (χ0n) is 25.9. The first-order valence-corrected chi connectivity index (χ1v) is 23.2. The van der Waals surface area contributed by atoms with Crippen molar-refractivity contribution >= 4 is 32.1 Å². The third-order valence-electron chi connectivity index (χ3n) is 6.51. The van der Waals surface area contributed by atoms with Crippen molar-refractivity contribution < 1.29 is 32.2 Å². The van der Waals surface area contributed by atoms with E-state index < -0.39 is 38.1 Å². The number of sulfonamides is 1. The highest BCUT2D eigenvalue weighted by Gasteiger charge is 2.30. The van der Waals surface area contributed by atoms with E-state index in [1.807, 2.05) is 42.5 Å². The molecule has 1 unspecified atom stereocenters. The molecule has 1 atom stereocenters. The van der Waals surface area contributed by atoms with Gasteiger partial charge in [0.05, 0.1) is 19.3 Å². The molecular weight excluding hydrogens is 575 g/mol. The maximum atomic E-state index is 13.7. The van der Waals surface area contributed by atoms with E-state index in [1.54, 1.807) is 12.1 Å². The van der Waals surface area contributed by atoms with Crippen LogP contribution in [0.2, 0.25) is 51.4 Å². The van der Waals surface area contributed by atoms with Crippen LogP contribution < -0.4 is 4.74 Å². The van der Waals surface area contributed by atoms with Gasteiger partial charge in [-0.25, -0.2) is 8.42 Å². The summed E-state index contributed by atoms with van der Waals surface area (Å²) in [6, 6.07) is 18.9. The molecule has 8 nitrogen and oxygen atoms in total. The van der Waals surface area contributed by atoms with Gasteiger partial charge in [-0.05, 0) is 35.3 Å². The fourth-order valence-corrected chi connectivity index (χ4v) is 6.79. The number of carbonyl (C=O) groups is 1. The number of hydrogen-bond acceptors (Lipinski definition) is 7. The van der Waals surface area contributed by atoms with Crippen LogP contribution in [0.5, 0.6) is 5.75 Å². The summed E-state index contributed by atoms with van der Waals surface area (Å²) in [7, 11) is -5.20. The van der Waals surface area contributed by atoms with Crippen molar-refractivity contribution in [2.75, 3.05) is 39.5 Å². The van der Waals surface area contributed by atoms with Crippen molar-refractivity contribution in [2.24, 2.45) is 0 Å². The smallest absolute Gasteiger partial charge is 0.306 e. The van der Waals surface area contributed by atoms with E-state index in [2.05, 4.69) is 39.3 Å². The van der Waals surface area contributed by atoms with Gasteiger partial charge in [-0.1, -0.05) is 81.7 Å². The molecule has 0 N–H and O–H groups in total. The summed E-state index contributed by atoms with van der Waals surface area (Å²) in [5, 5.41) is 0. The number of esters is 1. The number of rotatable bonds is 19. The van der Waals surface area contributed by atoms with Crippen LogP contribution in [0.15, 0.2) is 54.6 Å². The molecule has 41 heavy (non-hydrogen) atoms. The molecule has 0 saturated carbocycles. The highest BCUT2D eigenvalue weighted by molar-refractivity contribution is 7.89. The highest BCUT2D eigenvalue weighted by Crippen LogP contribution is 2.26. The zero-order valence-corrected chi connectivity index (χ0v) is 28.7. The van der Waals surface area contributed by atoms with Gasteiger partial charge in [-0.3, -0.25) is 4.79 Å². The van der Waals surface area contributed by atoms with Crippen molar-refractivity contribution in [3.63, 3.8) is 0 Å². The van der Waals surface area contributed by atoms with E-state index in [0.29, 0.717) is 31.1 Å². The van der Waals surface area contributed by atoms with Gasteiger partial charge >= 0.3 is 5.97 Å². The average molecular weight is 624 g/mol. The Morgan fingerprint density at radius 1 is 0.829 bits per heavy atom. The fourth-order valence-electron chi connectivity index (χ4n) is 3.78. The Hall–Kier alpha value is -2.03. The second kappa shape index (κ2) is 16.6. The number of ether oxygens (including phenoxy) is 4. The minimum atomic E-state index is -3.84. The second-order valence-corrected chi connectivity index (χ2v) is 26.0. The molecule has 0 saturated heterocycles. The van der Waals surface area contributed by atoms with Gasteiger partial charge in [-0.15, -0.1) is 0 Å². The predicted octanol–water partition coefficient (Wildman–Crippen LogP) is 6.17. The average Bonchev–Trinajstić information content (AvgIpc) is 2.90. The lowest BCUT2D eigenvalue weighted by atomic mass is 9.97. The summed E-state index contributed by atoms with van der Waals surface area (Å²) in [5.74, 6) is -0.701. The normalized spacial score (nSPS) is 13.3. The minimum Gasteiger partial charge on any atom is -0.489 e. The lowest BCUT2D eigenvalue weighted by molar-refractivity contribution is -0.140. The summed E-state index contributed by atoms with van der Waals surface area (Å²) in [5.41, 5.74) is 1.76. The Bertz CT molecular complexity index is 1130. The highest BCUT2D eigenvalue weighted by atomic mass is 32.2. The molecule has 0 bridgehead atoms. The maximum absolute atomic E-state index is 13.7. The Balaban J connectivity index is 2.16. The van der Waals surface area contributed by atoms with Crippen molar-refractivity contribution in [1.82, 2.24) is 4.31 Å². The van der Waals surface area contributed by atoms with E-state index in [9.17, 15) is 13.2 Å². The first-order valence-electron chi connectivity index (χ1n) is 14.2. The van der Waals surface area contributed by atoms with Crippen LogP contribution in [0.25, 0.3) is 0 Å². The molecule has 0 aliphatic carbocycles. The summed E-state index contributed by atoms with van der Waals surface area (Å²) >= 11 is 0. The molecular formula is C30H49NO7SSi2. The SMILES string of the molecule is COC(=O)CC(CS(=O)(=O)N(COCC[Si](C)(C)C)COCC[Si](C)(C)C)c1ccc(OCc2ccccc2)cc1. The summed E-state index contributed by atoms with van der Waals surface area (Å²) in [6.07, 6.45) is -0.0687. The minimum absolute atomic E-state index is 0.0687. The molecule has 0 aliphatic rings. The molecule has 11 heteroatoms. The number of methoxy groups -OCH3 is 1. The largest absolute Gasteiger partial charge is 0.489 e. The van der Waals surface area contributed by atoms with Gasteiger partial charge in [0.2, 0.25) is 10.0 Å². The first kappa shape index (κ1) is 35.2. The predicted molar refractivity (Wildman–Crippen MR) is 170 cm³/mol. The van der Waals surface area contributed by atoms with Crippen LogP contribution in [-0.4, -0.2) is 74.4 Å². The Labute approximate surface area is 249 Å². The van der Waals surface area contributed by atoms with Crippen molar-refractivity contribution in [1.29, 1.82) is 0 Å². The second-order valence-electron chi connectivity index (χ2n) is 12.7. The van der Waals surface area contributed by atoms with E-state index >= 15 is 0 Å². The van der Waals surface area contributed by atoms with Gasteiger partial charge in [0, 0.05) is 35.3 Å². The molecule has 230 valence electrons. The topological polar surface area (TPSA) is 91.4 Å². The third kappa shape index (κ3) is 14.6. The fraction of sp³-hybridized carbons (Fsp3) is 0.567. The molecule has 0 fully saturated rings. The van der Waals surface area contributed by atoms with E-state index in [0.717, 1.165) is 17.7 Å². The van der Waals surface area contributed by atoms with Crippen LogP contribution in [0.4, 0.5) is 0 Å². The first-order chi connectivity index (χ1) is 19.2. The summed E-state index contributed by atoms with van der Waals surface area (Å²) in [6.45, 7) is 14.7. The molecule has 2 rings (SSSR count). The van der Waals surface area contributed by atoms with Gasteiger partial charge < -0.3 is 18.9 Å². The van der Waals surface area contributed by atoms with Gasteiger partial charge in [0.15, 0.2) is 0 Å². The Morgan fingerprint density at radius 3 is 1.85 bits per heavy atom. The van der Waals surface area contributed by atoms with E-state index in [4.69, 9.17) is 18.9 Å². The molecule has 0 aromatic heterocycles. The maximum Gasteiger partial charge on any atom is 0.306 e. The van der Waals surface area contributed by atoms with E-state index in [1.165, 1.54) is 11.4 Å². The molecule has 2 aromatic carbocycles. The molecule has 0 spiro atoms. The van der Waals surface area contributed by atoms with E-state index in [-0.39, 0.29) is 25.6 Å². The van der Waals surface area contributed by atoms with Crippen molar-refractivity contribution in [3.05, 3.63) is 65.7 Å². The Morgan fingerprint density at radius 2 is 1.37 bits per heavy atom. The van der Waals surface area contributed by atoms with Gasteiger partial charge in [0.25, 0.3) is 0 Å². The zero-order chi connectivity index (χ0) is 30.5. The third-order valence-corrected chi connectivity index (χ3v) is 11.7. The van der Waals surface area contributed by atoms with Gasteiger partial charge in [-0.2, -0.15) is 4.31 Å². The number of benzene rings is 2. The number of nitrogens with zero attached hydrogens (tertiary/aromatic N) is 1. The van der Waals surface area contributed by atoms with Gasteiger partial charge in [0.1, 0.15) is 25.8 Å². The monoisotopic (exact) mass is 623 g/mol. The van der Waals surface area contributed by atoms with Crippen molar-refractivity contribution in [2.45, 2.75) is 70.3 Å². The molecule has 0 radical (unpaired) electrons. The van der Waals surface area contributed by atoms with Crippen LogP contribution in [0.1, 0.15) is 23.5 Å². The molecule has 0 aliphatic heterocycles. The number of hydrogen-bond donors (Lipinski definition) is 0. The summed E-state index contributed by atoms with van der Waals surface area (Å²) in [4.78, 5) is 12.3. The van der Waals surface area contributed by atoms with Crippen LogP contribution in [0.3, 0.4) is 0 Å². The lowest BCUT2D eigenvalue weighted by Gasteiger charge is -2.26. The molecule has 0 amide bonds. The summed E-state index contributed by atoms with van der Waals surface area (Å²) < 4.78 is 51.1. The standard InChI is InChI=1S/C30H49NO7SSi2/c1-35-30(32)21-28(27-13-15-29(16-14-27)38-22-26-11-9-8-10-12-26)23-39(33,34)31(24-36-17-19-40(2,3)4)25-37-18-20-41(5,6)7/h8-16,28H,17-25H2,1-7H3. The molecule has 2 aromatic rings. The molecule has 0 heterocycles. The Kier molecular flexibility index (Phi) is 14.2. The number of carbonyl (C=O) groups excluding carboxylic acids is 1. The lowest BCUT2D eigenvalue weighted by Crippen LogP contribution is -2.39. The van der Waals surface area contributed by atoms with Crippen LogP contribution in [0, 0.1) is 0 Å². The van der Waals surface area contributed by atoms with Crippen LogP contribution in [-0.2, 0) is 35.6 Å². The van der Waals surface area contributed by atoms with Crippen molar-refractivity contribution in [3.8, 4) is 5.75 Å².